The molecular formula is C15H27N3O. The molecule has 1 aliphatic heterocycles. The zero-order chi connectivity index (χ0) is 13.5. The van der Waals surface area contributed by atoms with E-state index in [-0.39, 0.29) is 5.41 Å². The number of nitrogens with zero attached hydrogens (tertiary/aromatic N) is 1. The smallest absolute Gasteiger partial charge is 0.191 e. The van der Waals surface area contributed by atoms with Gasteiger partial charge in [0.1, 0.15) is 0 Å². The Morgan fingerprint density at radius 2 is 2.05 bits per heavy atom. The summed E-state index contributed by atoms with van der Waals surface area (Å²) in [7, 11) is 0. The van der Waals surface area contributed by atoms with Crippen molar-refractivity contribution < 1.29 is 4.74 Å². The van der Waals surface area contributed by atoms with Crippen LogP contribution in [0.2, 0.25) is 0 Å². The highest BCUT2D eigenvalue weighted by atomic mass is 16.5. The number of fused-ring (bicyclic) bond motifs is 1. The number of aliphatic imine (C=N–C) groups is 1. The molecule has 0 aromatic rings. The van der Waals surface area contributed by atoms with Crippen LogP contribution in [0.25, 0.3) is 0 Å². The minimum Gasteiger partial charge on any atom is -0.377 e. The van der Waals surface area contributed by atoms with Gasteiger partial charge >= 0.3 is 0 Å². The molecule has 0 aromatic heterocycles. The molecule has 0 aromatic carbocycles. The van der Waals surface area contributed by atoms with Gasteiger partial charge in [-0.25, -0.2) is 0 Å². The highest BCUT2D eigenvalue weighted by molar-refractivity contribution is 5.81. The summed E-state index contributed by atoms with van der Waals surface area (Å²) in [4.78, 5) is 4.58. The average Bonchev–Trinajstić information content (AvgIpc) is 3.20. The van der Waals surface area contributed by atoms with Gasteiger partial charge in [0.15, 0.2) is 5.96 Å². The fraction of sp³-hybridized carbons (Fsp3) is 0.933. The van der Waals surface area contributed by atoms with E-state index in [1.54, 1.807) is 0 Å². The lowest BCUT2D eigenvalue weighted by Gasteiger charge is -2.60. The molecule has 1 heterocycles. The molecule has 2 N–H and O–H groups in total. The van der Waals surface area contributed by atoms with Gasteiger partial charge in [-0.3, -0.25) is 4.99 Å². The normalized spacial score (nSPS) is 37.2. The van der Waals surface area contributed by atoms with Crippen molar-refractivity contribution in [3.63, 3.8) is 0 Å². The minimum atomic E-state index is 0.213. The van der Waals surface area contributed by atoms with Crippen LogP contribution in [0.5, 0.6) is 0 Å². The molecule has 19 heavy (non-hydrogen) atoms. The standard InChI is InChI=1S/C15H27N3O/c1-4-16-14(17-10-7-8-10)18-12-11-6-5-9-19-13(11)15(12,2)3/h10-13H,4-9H2,1-3H3,(H2,16,17,18). The Labute approximate surface area is 116 Å². The number of guanidine groups is 1. The van der Waals surface area contributed by atoms with Gasteiger partial charge in [0, 0.05) is 36.6 Å². The molecule has 3 aliphatic rings. The molecule has 0 radical (unpaired) electrons. The first kappa shape index (κ1) is 13.2. The minimum absolute atomic E-state index is 0.213. The summed E-state index contributed by atoms with van der Waals surface area (Å²) < 4.78 is 5.96. The molecule has 3 rings (SSSR count). The van der Waals surface area contributed by atoms with Crippen molar-refractivity contribution in [2.24, 2.45) is 16.3 Å². The van der Waals surface area contributed by atoms with Gasteiger partial charge in [0.25, 0.3) is 0 Å². The first-order valence-corrected chi connectivity index (χ1v) is 7.82. The molecule has 3 fully saturated rings. The Bertz CT molecular complexity index is 362. The topological polar surface area (TPSA) is 45.7 Å². The van der Waals surface area contributed by atoms with Crippen LogP contribution in [0.1, 0.15) is 46.5 Å². The number of hydrogen-bond acceptors (Lipinski definition) is 2. The van der Waals surface area contributed by atoms with Crippen molar-refractivity contribution in [3.05, 3.63) is 0 Å². The number of hydrogen-bond donors (Lipinski definition) is 2. The largest absolute Gasteiger partial charge is 0.377 e. The van der Waals surface area contributed by atoms with Crippen LogP contribution in [0.15, 0.2) is 4.99 Å². The Balaban J connectivity index is 1.65. The maximum atomic E-state index is 5.96. The first-order valence-electron chi connectivity index (χ1n) is 7.82. The molecule has 2 saturated carbocycles. The second kappa shape index (κ2) is 4.97. The lowest BCUT2D eigenvalue weighted by atomic mass is 9.55. The molecule has 2 aliphatic carbocycles. The van der Waals surface area contributed by atoms with E-state index < -0.39 is 0 Å². The van der Waals surface area contributed by atoms with Crippen molar-refractivity contribution in [1.82, 2.24) is 10.6 Å². The monoisotopic (exact) mass is 265 g/mol. The second-order valence-corrected chi connectivity index (χ2v) is 6.78. The maximum Gasteiger partial charge on any atom is 0.191 e. The predicted octanol–water partition coefficient (Wildman–Crippen LogP) is 1.91. The van der Waals surface area contributed by atoms with E-state index >= 15 is 0 Å². The number of nitrogens with one attached hydrogen (secondary N) is 2. The van der Waals surface area contributed by atoms with Gasteiger partial charge in [-0.1, -0.05) is 13.8 Å². The van der Waals surface area contributed by atoms with Crippen LogP contribution < -0.4 is 10.6 Å². The summed E-state index contributed by atoms with van der Waals surface area (Å²) in [5, 5.41) is 7.20. The third kappa shape index (κ3) is 2.47. The Morgan fingerprint density at radius 3 is 2.74 bits per heavy atom. The zero-order valence-electron chi connectivity index (χ0n) is 12.4. The maximum absolute atomic E-state index is 5.96. The van der Waals surface area contributed by atoms with E-state index in [0.717, 1.165) is 19.1 Å². The molecule has 3 unspecified atom stereocenters. The van der Waals surface area contributed by atoms with E-state index in [9.17, 15) is 0 Å². The highest BCUT2D eigenvalue weighted by Crippen LogP contribution is 2.51. The van der Waals surface area contributed by atoms with Gasteiger partial charge < -0.3 is 15.4 Å². The average molecular weight is 265 g/mol. The van der Waals surface area contributed by atoms with E-state index in [4.69, 9.17) is 4.74 Å². The Kier molecular flexibility index (Phi) is 3.46. The van der Waals surface area contributed by atoms with Crippen LogP contribution in [-0.2, 0) is 4.74 Å². The highest BCUT2D eigenvalue weighted by Gasteiger charge is 2.58. The zero-order valence-corrected chi connectivity index (χ0v) is 12.4. The quantitative estimate of drug-likeness (QED) is 0.605. The van der Waals surface area contributed by atoms with Gasteiger partial charge in [-0.05, 0) is 32.6 Å². The SMILES string of the molecule is CCN=C(NC1CC1)NC1C2CCCOC2C1(C)C. The van der Waals surface area contributed by atoms with Crippen LogP contribution >= 0.6 is 0 Å². The molecule has 4 heteroatoms. The summed E-state index contributed by atoms with van der Waals surface area (Å²) >= 11 is 0. The molecule has 0 bridgehead atoms. The van der Waals surface area contributed by atoms with E-state index in [1.807, 2.05) is 0 Å². The molecule has 3 atom stereocenters. The summed E-state index contributed by atoms with van der Waals surface area (Å²) in [5.74, 6) is 1.67. The summed E-state index contributed by atoms with van der Waals surface area (Å²) in [6.45, 7) is 8.50. The van der Waals surface area contributed by atoms with E-state index in [0.29, 0.717) is 24.1 Å². The van der Waals surface area contributed by atoms with Crippen LogP contribution in [0.4, 0.5) is 0 Å². The van der Waals surface area contributed by atoms with E-state index in [1.165, 1.54) is 25.7 Å². The summed E-state index contributed by atoms with van der Waals surface area (Å²) in [6.07, 6.45) is 5.49. The third-order valence-corrected chi connectivity index (χ3v) is 4.86. The van der Waals surface area contributed by atoms with E-state index in [2.05, 4.69) is 36.4 Å². The van der Waals surface area contributed by atoms with Crippen molar-refractivity contribution in [2.45, 2.75) is 64.6 Å². The van der Waals surface area contributed by atoms with Crippen LogP contribution in [0.3, 0.4) is 0 Å². The lowest BCUT2D eigenvalue weighted by molar-refractivity contribution is -0.188. The molecule has 0 spiro atoms. The molecule has 1 saturated heterocycles. The molecular weight excluding hydrogens is 238 g/mol. The van der Waals surface area contributed by atoms with Crippen LogP contribution in [0, 0.1) is 11.3 Å². The van der Waals surface area contributed by atoms with Crippen molar-refractivity contribution >= 4 is 5.96 Å². The third-order valence-electron chi connectivity index (χ3n) is 4.86. The lowest BCUT2D eigenvalue weighted by Crippen LogP contribution is -2.71. The Morgan fingerprint density at radius 1 is 1.26 bits per heavy atom. The van der Waals surface area contributed by atoms with Gasteiger partial charge in [0.05, 0.1) is 6.10 Å². The Hall–Kier alpha value is -0.770. The van der Waals surface area contributed by atoms with Crippen molar-refractivity contribution in [1.29, 1.82) is 0 Å². The van der Waals surface area contributed by atoms with Crippen molar-refractivity contribution in [3.8, 4) is 0 Å². The molecule has 0 amide bonds. The predicted molar refractivity (Wildman–Crippen MR) is 77.3 cm³/mol. The van der Waals surface area contributed by atoms with Crippen molar-refractivity contribution in [2.75, 3.05) is 13.2 Å². The molecule has 108 valence electrons. The second-order valence-electron chi connectivity index (χ2n) is 6.78. The first-order chi connectivity index (χ1) is 9.13. The van der Waals surface area contributed by atoms with Gasteiger partial charge in [-0.15, -0.1) is 0 Å². The molecule has 4 nitrogen and oxygen atoms in total. The van der Waals surface area contributed by atoms with Gasteiger partial charge in [-0.2, -0.15) is 0 Å². The number of rotatable bonds is 3. The fourth-order valence-electron chi connectivity index (χ4n) is 3.67. The van der Waals surface area contributed by atoms with Gasteiger partial charge in [0.2, 0.25) is 0 Å². The summed E-state index contributed by atoms with van der Waals surface area (Å²) in [5.41, 5.74) is 0.213. The fourth-order valence-corrected chi connectivity index (χ4v) is 3.67. The van der Waals surface area contributed by atoms with Crippen LogP contribution in [-0.4, -0.2) is 37.3 Å². The summed E-state index contributed by atoms with van der Waals surface area (Å²) in [6, 6.07) is 1.15. The number of ether oxygens (including phenoxy) is 1.